The van der Waals surface area contributed by atoms with Gasteiger partial charge >= 0.3 is 0 Å². The highest BCUT2D eigenvalue weighted by Gasteiger charge is 2.30. The number of benzene rings is 1. The highest BCUT2D eigenvalue weighted by Crippen LogP contribution is 2.35. The summed E-state index contributed by atoms with van der Waals surface area (Å²) in [6.45, 7) is 6.37. The maximum Gasteiger partial charge on any atom is 0.166 e. The maximum absolute atomic E-state index is 12.5. The summed E-state index contributed by atoms with van der Waals surface area (Å²) < 4.78 is 0. The molecule has 1 aliphatic carbocycles. The fourth-order valence-corrected chi connectivity index (χ4v) is 2.92. The number of aryl methyl sites for hydroxylation is 1. The fourth-order valence-electron chi connectivity index (χ4n) is 2.92. The molecular formula is C16H22O. The molecule has 1 fully saturated rings. The Morgan fingerprint density at radius 1 is 1.29 bits per heavy atom. The van der Waals surface area contributed by atoms with Crippen LogP contribution >= 0.6 is 0 Å². The fraction of sp³-hybridized carbons (Fsp3) is 0.562. The third-order valence-electron chi connectivity index (χ3n) is 4.36. The van der Waals surface area contributed by atoms with E-state index in [0.717, 1.165) is 29.9 Å². The average molecular weight is 230 g/mol. The first kappa shape index (κ1) is 12.3. The van der Waals surface area contributed by atoms with Crippen LogP contribution in [-0.4, -0.2) is 5.78 Å². The Kier molecular flexibility index (Phi) is 3.66. The van der Waals surface area contributed by atoms with Crippen molar-refractivity contribution in [2.75, 3.05) is 0 Å². The number of hydrogen-bond acceptors (Lipinski definition) is 1. The van der Waals surface area contributed by atoms with E-state index in [0.29, 0.717) is 5.78 Å². The molecule has 0 amide bonds. The highest BCUT2D eigenvalue weighted by atomic mass is 16.1. The Bertz CT molecular complexity index is 420. The van der Waals surface area contributed by atoms with Crippen LogP contribution in [0.5, 0.6) is 0 Å². The quantitative estimate of drug-likeness (QED) is 0.707. The van der Waals surface area contributed by atoms with E-state index in [1.54, 1.807) is 0 Å². The topological polar surface area (TPSA) is 17.1 Å². The maximum atomic E-state index is 12.5. The highest BCUT2D eigenvalue weighted by molar-refractivity contribution is 5.99. The second kappa shape index (κ2) is 5.03. The second-order valence-electron chi connectivity index (χ2n) is 5.40. The molecule has 0 saturated heterocycles. The van der Waals surface area contributed by atoms with E-state index in [4.69, 9.17) is 0 Å². The lowest BCUT2D eigenvalue weighted by molar-refractivity contribution is 0.0919. The summed E-state index contributed by atoms with van der Waals surface area (Å²) in [4.78, 5) is 12.5. The first-order valence-electron chi connectivity index (χ1n) is 6.74. The van der Waals surface area contributed by atoms with Gasteiger partial charge in [0.2, 0.25) is 0 Å². The third-order valence-corrected chi connectivity index (χ3v) is 4.36. The summed E-state index contributed by atoms with van der Waals surface area (Å²) >= 11 is 0. The summed E-state index contributed by atoms with van der Waals surface area (Å²) in [5.74, 6) is 1.43. The summed E-state index contributed by atoms with van der Waals surface area (Å²) in [6.07, 6.45) is 4.64. The lowest BCUT2D eigenvalue weighted by Crippen LogP contribution is -2.13. The first-order valence-corrected chi connectivity index (χ1v) is 6.74. The molecule has 17 heavy (non-hydrogen) atoms. The molecule has 1 aromatic carbocycles. The molecular weight excluding hydrogens is 208 g/mol. The minimum atomic E-state index is 0.278. The van der Waals surface area contributed by atoms with Gasteiger partial charge < -0.3 is 0 Å². The van der Waals surface area contributed by atoms with Crippen molar-refractivity contribution < 1.29 is 4.79 Å². The predicted octanol–water partition coefficient (Wildman–Crippen LogP) is 4.31. The standard InChI is InChI=1S/C16H22O/c1-4-13-8-9-14(10-13)16(17)15-7-5-6-11(2)12(15)3/h5-7,13-14H,4,8-10H2,1-3H3. The van der Waals surface area contributed by atoms with Crippen LogP contribution in [0.25, 0.3) is 0 Å². The van der Waals surface area contributed by atoms with Gasteiger partial charge in [0.1, 0.15) is 0 Å². The first-order chi connectivity index (χ1) is 8.13. The van der Waals surface area contributed by atoms with E-state index in [9.17, 15) is 4.79 Å². The van der Waals surface area contributed by atoms with Crippen molar-refractivity contribution in [3.63, 3.8) is 0 Å². The summed E-state index contributed by atoms with van der Waals surface area (Å²) in [5.41, 5.74) is 3.34. The number of ketones is 1. The van der Waals surface area contributed by atoms with Crippen molar-refractivity contribution in [3.05, 3.63) is 34.9 Å². The van der Waals surface area contributed by atoms with E-state index < -0.39 is 0 Å². The van der Waals surface area contributed by atoms with Gasteiger partial charge in [-0.15, -0.1) is 0 Å². The van der Waals surface area contributed by atoms with Crippen LogP contribution in [0.15, 0.2) is 18.2 Å². The smallest absolute Gasteiger partial charge is 0.166 e. The molecule has 1 nitrogen and oxygen atoms in total. The zero-order valence-corrected chi connectivity index (χ0v) is 11.1. The van der Waals surface area contributed by atoms with Crippen molar-refractivity contribution in [1.82, 2.24) is 0 Å². The molecule has 1 saturated carbocycles. The molecule has 2 atom stereocenters. The molecule has 2 rings (SSSR count). The molecule has 92 valence electrons. The predicted molar refractivity (Wildman–Crippen MR) is 71.4 cm³/mol. The van der Waals surface area contributed by atoms with Gasteiger partial charge in [0.25, 0.3) is 0 Å². The van der Waals surface area contributed by atoms with Gasteiger partial charge in [0.15, 0.2) is 5.78 Å². The van der Waals surface area contributed by atoms with Crippen LogP contribution in [0.3, 0.4) is 0 Å². The van der Waals surface area contributed by atoms with Gasteiger partial charge in [-0.25, -0.2) is 0 Å². The van der Waals surface area contributed by atoms with Crippen LogP contribution in [0, 0.1) is 25.7 Å². The zero-order chi connectivity index (χ0) is 12.4. The van der Waals surface area contributed by atoms with E-state index in [1.807, 2.05) is 12.1 Å². The lowest BCUT2D eigenvalue weighted by atomic mass is 9.91. The van der Waals surface area contributed by atoms with Crippen LogP contribution in [0.1, 0.15) is 54.1 Å². The molecule has 0 bridgehead atoms. The van der Waals surface area contributed by atoms with Crippen molar-refractivity contribution in [2.45, 2.75) is 46.5 Å². The molecule has 1 heteroatoms. The largest absolute Gasteiger partial charge is 0.294 e. The molecule has 0 aromatic heterocycles. The number of hydrogen-bond donors (Lipinski definition) is 0. The van der Waals surface area contributed by atoms with E-state index in [1.165, 1.54) is 18.4 Å². The van der Waals surface area contributed by atoms with Crippen LogP contribution in [0.4, 0.5) is 0 Å². The number of rotatable bonds is 3. The van der Waals surface area contributed by atoms with Crippen molar-refractivity contribution in [1.29, 1.82) is 0 Å². The molecule has 0 aliphatic heterocycles. The van der Waals surface area contributed by atoms with Crippen LogP contribution < -0.4 is 0 Å². The average Bonchev–Trinajstić information content (AvgIpc) is 2.80. The molecule has 1 aliphatic rings. The molecule has 0 spiro atoms. The molecule has 0 radical (unpaired) electrons. The van der Waals surface area contributed by atoms with Gasteiger partial charge in [-0.05, 0) is 50.2 Å². The van der Waals surface area contributed by atoms with Gasteiger partial charge in [-0.1, -0.05) is 31.5 Å². The number of Topliss-reactive ketones (excluding diaryl/α,β-unsaturated/α-hetero) is 1. The third kappa shape index (κ3) is 2.43. The Labute approximate surface area is 104 Å². The van der Waals surface area contributed by atoms with Gasteiger partial charge in [0.05, 0.1) is 0 Å². The van der Waals surface area contributed by atoms with Crippen LogP contribution in [-0.2, 0) is 0 Å². The normalized spacial score (nSPS) is 23.9. The molecule has 2 unspecified atom stereocenters. The summed E-state index contributed by atoms with van der Waals surface area (Å²) in [7, 11) is 0. The van der Waals surface area contributed by atoms with E-state index >= 15 is 0 Å². The molecule has 0 heterocycles. The second-order valence-corrected chi connectivity index (χ2v) is 5.40. The Morgan fingerprint density at radius 3 is 2.71 bits per heavy atom. The minimum absolute atomic E-state index is 0.278. The van der Waals surface area contributed by atoms with Crippen molar-refractivity contribution >= 4 is 5.78 Å². The van der Waals surface area contributed by atoms with E-state index in [2.05, 4.69) is 26.8 Å². The van der Waals surface area contributed by atoms with E-state index in [-0.39, 0.29) is 5.92 Å². The zero-order valence-electron chi connectivity index (χ0n) is 11.1. The van der Waals surface area contributed by atoms with Gasteiger partial charge in [-0.2, -0.15) is 0 Å². The van der Waals surface area contributed by atoms with Gasteiger partial charge in [0, 0.05) is 11.5 Å². The SMILES string of the molecule is CCC1CCC(C(=O)c2cccc(C)c2C)C1. The Morgan fingerprint density at radius 2 is 2.06 bits per heavy atom. The summed E-state index contributed by atoms with van der Waals surface area (Å²) in [6, 6.07) is 6.07. The number of carbonyl (C=O) groups is 1. The summed E-state index contributed by atoms with van der Waals surface area (Å²) in [5, 5.41) is 0. The monoisotopic (exact) mass is 230 g/mol. The lowest BCUT2D eigenvalue weighted by Gasteiger charge is -2.12. The molecule has 0 N–H and O–H groups in total. The molecule has 1 aromatic rings. The minimum Gasteiger partial charge on any atom is -0.294 e. The van der Waals surface area contributed by atoms with Crippen molar-refractivity contribution in [2.24, 2.45) is 11.8 Å². The Balaban J connectivity index is 2.18. The van der Waals surface area contributed by atoms with Crippen molar-refractivity contribution in [3.8, 4) is 0 Å². The number of carbonyl (C=O) groups excluding carboxylic acids is 1. The van der Waals surface area contributed by atoms with Crippen LogP contribution in [0.2, 0.25) is 0 Å². The Hall–Kier alpha value is -1.11. The van der Waals surface area contributed by atoms with Gasteiger partial charge in [-0.3, -0.25) is 4.79 Å².